The van der Waals surface area contributed by atoms with Crippen LogP contribution in [-0.4, -0.2) is 36.2 Å². The summed E-state index contributed by atoms with van der Waals surface area (Å²) in [5.74, 6) is 0. The fourth-order valence-electron chi connectivity index (χ4n) is 2.60. The van der Waals surface area contributed by atoms with Crippen LogP contribution in [0.25, 0.3) is 0 Å². The quantitative estimate of drug-likeness (QED) is 0.840. The van der Waals surface area contributed by atoms with Crippen molar-refractivity contribution in [2.24, 2.45) is 0 Å². The maximum atomic E-state index is 11.8. The molecule has 1 aromatic carbocycles. The molecule has 2 aromatic rings. The lowest BCUT2D eigenvalue weighted by molar-refractivity contribution is 0.268. The highest BCUT2D eigenvalue weighted by Gasteiger charge is 2.13. The highest BCUT2D eigenvalue weighted by atomic mass is 32.2. The van der Waals surface area contributed by atoms with E-state index < -0.39 is 9.84 Å². The Balaban J connectivity index is 2.22. The zero-order valence-corrected chi connectivity index (χ0v) is 14.7. The third kappa shape index (κ3) is 3.92. The SMILES string of the molecule is Cc1ccc(NCc2c(C)nn(CCO)c2C)cc1S(C)(=O)=O. The number of hydrogen-bond acceptors (Lipinski definition) is 5. The molecule has 0 unspecified atom stereocenters. The average Bonchev–Trinajstić information content (AvgIpc) is 2.72. The van der Waals surface area contributed by atoms with Crippen molar-refractivity contribution in [2.45, 2.75) is 38.8 Å². The Kier molecular flexibility index (Phi) is 5.11. The molecular formula is C16H23N3O3S. The molecule has 0 amide bonds. The minimum atomic E-state index is -3.24. The van der Waals surface area contributed by atoms with Crippen LogP contribution < -0.4 is 5.32 Å². The molecule has 1 heterocycles. The van der Waals surface area contributed by atoms with Crippen molar-refractivity contribution in [1.29, 1.82) is 0 Å². The van der Waals surface area contributed by atoms with Gasteiger partial charge in [-0.05, 0) is 38.5 Å². The van der Waals surface area contributed by atoms with E-state index in [1.165, 1.54) is 6.26 Å². The maximum absolute atomic E-state index is 11.8. The van der Waals surface area contributed by atoms with E-state index in [0.717, 1.165) is 28.2 Å². The van der Waals surface area contributed by atoms with Gasteiger partial charge < -0.3 is 10.4 Å². The van der Waals surface area contributed by atoms with Gasteiger partial charge in [0.05, 0.1) is 23.7 Å². The van der Waals surface area contributed by atoms with Gasteiger partial charge in [0.25, 0.3) is 0 Å². The summed E-state index contributed by atoms with van der Waals surface area (Å²) < 4.78 is 25.4. The van der Waals surface area contributed by atoms with Gasteiger partial charge in [-0.2, -0.15) is 5.10 Å². The molecule has 0 fully saturated rings. The lowest BCUT2D eigenvalue weighted by atomic mass is 10.2. The number of anilines is 1. The molecule has 1 aromatic heterocycles. The minimum Gasteiger partial charge on any atom is -0.394 e. The van der Waals surface area contributed by atoms with Crippen LogP contribution in [0.15, 0.2) is 23.1 Å². The maximum Gasteiger partial charge on any atom is 0.175 e. The number of sulfone groups is 1. The van der Waals surface area contributed by atoms with Gasteiger partial charge in [-0.15, -0.1) is 0 Å². The van der Waals surface area contributed by atoms with E-state index in [1.54, 1.807) is 23.7 Å². The molecule has 7 heteroatoms. The van der Waals surface area contributed by atoms with Crippen molar-refractivity contribution < 1.29 is 13.5 Å². The van der Waals surface area contributed by atoms with E-state index >= 15 is 0 Å². The second-order valence-electron chi connectivity index (χ2n) is 5.70. The van der Waals surface area contributed by atoms with Crippen molar-refractivity contribution in [2.75, 3.05) is 18.2 Å². The van der Waals surface area contributed by atoms with Crippen LogP contribution in [0.4, 0.5) is 5.69 Å². The van der Waals surface area contributed by atoms with Crippen molar-refractivity contribution in [3.8, 4) is 0 Å². The largest absolute Gasteiger partial charge is 0.394 e. The number of aliphatic hydroxyl groups excluding tert-OH is 1. The normalized spacial score (nSPS) is 11.7. The third-order valence-electron chi connectivity index (χ3n) is 3.90. The molecule has 0 aliphatic rings. The van der Waals surface area contributed by atoms with Crippen LogP contribution in [0.5, 0.6) is 0 Å². The summed E-state index contributed by atoms with van der Waals surface area (Å²) in [6.45, 7) is 6.74. The van der Waals surface area contributed by atoms with Gasteiger partial charge in [-0.25, -0.2) is 8.42 Å². The molecule has 0 aliphatic heterocycles. The van der Waals surface area contributed by atoms with Gasteiger partial charge in [0.2, 0.25) is 0 Å². The summed E-state index contributed by atoms with van der Waals surface area (Å²) >= 11 is 0. The van der Waals surface area contributed by atoms with Crippen LogP contribution >= 0.6 is 0 Å². The van der Waals surface area contributed by atoms with Gasteiger partial charge in [-0.3, -0.25) is 4.68 Å². The number of aromatic nitrogens is 2. The summed E-state index contributed by atoms with van der Waals surface area (Å²) in [6, 6.07) is 5.33. The summed E-state index contributed by atoms with van der Waals surface area (Å²) in [4.78, 5) is 0.340. The summed E-state index contributed by atoms with van der Waals surface area (Å²) in [5, 5.41) is 16.7. The Labute approximate surface area is 137 Å². The molecule has 0 aliphatic carbocycles. The van der Waals surface area contributed by atoms with E-state index in [-0.39, 0.29) is 6.61 Å². The highest BCUT2D eigenvalue weighted by Crippen LogP contribution is 2.21. The molecule has 0 bridgehead atoms. The molecule has 0 spiro atoms. The number of nitrogens with one attached hydrogen (secondary N) is 1. The zero-order valence-electron chi connectivity index (χ0n) is 13.9. The van der Waals surface area contributed by atoms with E-state index in [1.807, 2.05) is 19.9 Å². The molecule has 2 N–H and O–H groups in total. The molecule has 0 radical (unpaired) electrons. The number of rotatable bonds is 6. The molecule has 6 nitrogen and oxygen atoms in total. The number of benzene rings is 1. The Morgan fingerprint density at radius 1 is 1.26 bits per heavy atom. The first-order chi connectivity index (χ1) is 10.7. The van der Waals surface area contributed by atoms with E-state index in [2.05, 4.69) is 10.4 Å². The minimum absolute atomic E-state index is 0.0461. The summed E-state index contributed by atoms with van der Waals surface area (Å²) in [5.41, 5.74) is 4.45. The second kappa shape index (κ2) is 6.72. The number of aryl methyl sites for hydroxylation is 2. The molecule has 23 heavy (non-hydrogen) atoms. The molecule has 0 atom stereocenters. The van der Waals surface area contributed by atoms with Crippen LogP contribution in [0, 0.1) is 20.8 Å². The smallest absolute Gasteiger partial charge is 0.175 e. The first-order valence-corrected chi connectivity index (χ1v) is 9.31. The summed E-state index contributed by atoms with van der Waals surface area (Å²) in [7, 11) is -3.24. The lowest BCUT2D eigenvalue weighted by Crippen LogP contribution is -2.07. The molecule has 2 rings (SSSR count). The predicted molar refractivity (Wildman–Crippen MR) is 90.4 cm³/mol. The standard InChI is InChI=1S/C16H23N3O3S/c1-11-5-6-14(9-16(11)23(4,21)22)17-10-15-12(2)18-19(7-8-20)13(15)3/h5-6,9,17,20H,7-8,10H2,1-4H3. The number of aliphatic hydroxyl groups is 1. The molecule has 0 saturated heterocycles. The Morgan fingerprint density at radius 3 is 2.57 bits per heavy atom. The van der Waals surface area contributed by atoms with Crippen LogP contribution in [-0.2, 0) is 22.9 Å². The Bertz CT molecular complexity index is 810. The van der Waals surface area contributed by atoms with Crippen LogP contribution in [0.1, 0.15) is 22.5 Å². The van der Waals surface area contributed by atoms with E-state index in [0.29, 0.717) is 18.0 Å². The van der Waals surface area contributed by atoms with Crippen molar-refractivity contribution >= 4 is 15.5 Å². The van der Waals surface area contributed by atoms with E-state index in [9.17, 15) is 8.42 Å². The highest BCUT2D eigenvalue weighted by molar-refractivity contribution is 7.90. The fourth-order valence-corrected chi connectivity index (χ4v) is 3.60. The predicted octanol–water partition coefficient (Wildman–Crippen LogP) is 1.82. The van der Waals surface area contributed by atoms with E-state index in [4.69, 9.17) is 5.11 Å². The van der Waals surface area contributed by atoms with Crippen LogP contribution in [0.3, 0.4) is 0 Å². The molecule has 0 saturated carbocycles. The monoisotopic (exact) mass is 337 g/mol. The first-order valence-electron chi connectivity index (χ1n) is 7.42. The van der Waals surface area contributed by atoms with Gasteiger partial charge in [-0.1, -0.05) is 6.07 Å². The van der Waals surface area contributed by atoms with Crippen LogP contribution in [0.2, 0.25) is 0 Å². The summed E-state index contributed by atoms with van der Waals surface area (Å²) in [6.07, 6.45) is 1.21. The van der Waals surface area contributed by atoms with Gasteiger partial charge in [0.1, 0.15) is 0 Å². The Morgan fingerprint density at radius 2 is 1.96 bits per heavy atom. The fraction of sp³-hybridized carbons (Fsp3) is 0.438. The average molecular weight is 337 g/mol. The second-order valence-corrected chi connectivity index (χ2v) is 7.69. The van der Waals surface area contributed by atoms with Crippen molar-refractivity contribution in [3.63, 3.8) is 0 Å². The Hall–Kier alpha value is -1.86. The first kappa shape index (κ1) is 17.5. The molecular weight excluding hydrogens is 314 g/mol. The zero-order chi connectivity index (χ0) is 17.2. The third-order valence-corrected chi connectivity index (χ3v) is 5.14. The van der Waals surface area contributed by atoms with Crippen molar-refractivity contribution in [3.05, 3.63) is 40.7 Å². The van der Waals surface area contributed by atoms with Gasteiger partial charge in [0.15, 0.2) is 9.84 Å². The van der Waals surface area contributed by atoms with Gasteiger partial charge in [0, 0.05) is 29.7 Å². The number of hydrogen-bond donors (Lipinski definition) is 2. The van der Waals surface area contributed by atoms with Gasteiger partial charge >= 0.3 is 0 Å². The molecule has 126 valence electrons. The van der Waals surface area contributed by atoms with Crippen molar-refractivity contribution in [1.82, 2.24) is 9.78 Å². The topological polar surface area (TPSA) is 84.2 Å². The number of nitrogens with zero attached hydrogens (tertiary/aromatic N) is 2. The lowest BCUT2D eigenvalue weighted by Gasteiger charge is -2.10.